The van der Waals surface area contributed by atoms with Crippen molar-refractivity contribution in [3.63, 3.8) is 0 Å². The Morgan fingerprint density at radius 3 is 2.57 bits per heavy atom. The molecule has 0 unspecified atom stereocenters. The molecule has 0 fully saturated rings. The van der Waals surface area contributed by atoms with Gasteiger partial charge in [-0.3, -0.25) is 4.98 Å². The van der Waals surface area contributed by atoms with Crippen LogP contribution in [0.25, 0.3) is 0 Å². The molecule has 3 aromatic rings. The lowest BCUT2D eigenvalue weighted by molar-refractivity contribution is 0.592. The van der Waals surface area contributed by atoms with Crippen LogP contribution in [0.3, 0.4) is 0 Å². The second-order valence-corrected chi connectivity index (χ2v) is 7.03. The first-order valence-electron chi connectivity index (χ1n) is 6.75. The highest BCUT2D eigenvalue weighted by Crippen LogP contribution is 2.23. The van der Waals surface area contributed by atoms with Crippen molar-refractivity contribution in [2.45, 2.75) is 12.6 Å². The molecule has 4 heteroatoms. The largest absolute Gasteiger partial charge is 0.301 e. The van der Waals surface area contributed by atoms with Gasteiger partial charge in [-0.15, -0.1) is 11.3 Å². The minimum absolute atomic E-state index is 0.103. The summed E-state index contributed by atoms with van der Waals surface area (Å²) < 4.78 is 1.16. The Hall–Kier alpha value is -1.49. The zero-order chi connectivity index (χ0) is 14.5. The molecule has 1 aromatic carbocycles. The van der Waals surface area contributed by atoms with Crippen molar-refractivity contribution >= 4 is 27.3 Å². The van der Waals surface area contributed by atoms with Crippen LogP contribution in [-0.4, -0.2) is 4.98 Å². The van der Waals surface area contributed by atoms with E-state index < -0.39 is 0 Å². The lowest BCUT2D eigenvalue weighted by Gasteiger charge is -2.18. The molecular formula is C17H15BrN2S. The second kappa shape index (κ2) is 6.98. The molecule has 0 saturated carbocycles. The highest BCUT2D eigenvalue weighted by Gasteiger charge is 2.14. The predicted octanol–water partition coefficient (Wildman–Crippen LogP) is 4.78. The molecule has 2 heterocycles. The van der Waals surface area contributed by atoms with Crippen LogP contribution in [0, 0.1) is 0 Å². The van der Waals surface area contributed by atoms with E-state index in [4.69, 9.17) is 0 Å². The molecule has 3 rings (SSSR count). The van der Waals surface area contributed by atoms with E-state index in [0.29, 0.717) is 0 Å². The minimum Gasteiger partial charge on any atom is -0.301 e. The molecule has 0 bridgehead atoms. The van der Waals surface area contributed by atoms with Gasteiger partial charge in [0.05, 0.1) is 15.5 Å². The molecule has 0 radical (unpaired) electrons. The Labute approximate surface area is 137 Å². The third-order valence-electron chi connectivity index (χ3n) is 3.25. The average molecular weight is 359 g/mol. The Morgan fingerprint density at radius 1 is 1.10 bits per heavy atom. The van der Waals surface area contributed by atoms with Gasteiger partial charge in [0.2, 0.25) is 0 Å². The lowest BCUT2D eigenvalue weighted by atomic mass is 10.0. The molecule has 0 aliphatic carbocycles. The Kier molecular flexibility index (Phi) is 4.80. The number of hydrogen-bond acceptors (Lipinski definition) is 3. The fraction of sp³-hybridized carbons (Fsp3) is 0.118. The summed E-state index contributed by atoms with van der Waals surface area (Å²) >= 11 is 5.22. The third kappa shape index (κ3) is 3.79. The number of nitrogens with one attached hydrogen (secondary N) is 1. The second-order valence-electron chi connectivity index (χ2n) is 4.74. The maximum absolute atomic E-state index is 4.50. The molecule has 106 valence electrons. The van der Waals surface area contributed by atoms with E-state index in [0.717, 1.165) is 16.0 Å². The summed E-state index contributed by atoms with van der Waals surface area (Å²) in [5.41, 5.74) is 3.55. The van der Waals surface area contributed by atoms with Crippen LogP contribution >= 0.6 is 27.3 Å². The van der Waals surface area contributed by atoms with Gasteiger partial charge in [-0.05, 0) is 50.6 Å². The van der Waals surface area contributed by atoms with Crippen molar-refractivity contribution in [2.24, 2.45) is 0 Å². The molecule has 0 saturated heterocycles. The molecule has 21 heavy (non-hydrogen) atoms. The summed E-state index contributed by atoms with van der Waals surface area (Å²) in [6.07, 6.45) is 1.84. The first-order valence-corrected chi connectivity index (χ1v) is 8.42. The van der Waals surface area contributed by atoms with Crippen LogP contribution in [0.15, 0.2) is 70.0 Å². The average Bonchev–Trinajstić information content (AvgIpc) is 2.95. The summed E-state index contributed by atoms with van der Waals surface area (Å²) in [4.78, 5) is 4.50. The molecule has 0 amide bonds. The van der Waals surface area contributed by atoms with Crippen LogP contribution < -0.4 is 5.32 Å². The monoisotopic (exact) mass is 358 g/mol. The number of aromatic nitrogens is 1. The van der Waals surface area contributed by atoms with Crippen LogP contribution in [0.5, 0.6) is 0 Å². The van der Waals surface area contributed by atoms with Gasteiger partial charge in [-0.2, -0.15) is 0 Å². The third-order valence-corrected chi connectivity index (χ3v) is 4.80. The Bertz CT molecular complexity index is 643. The smallest absolute Gasteiger partial charge is 0.0754 e. The Morgan fingerprint density at radius 2 is 1.90 bits per heavy atom. The van der Waals surface area contributed by atoms with Crippen molar-refractivity contribution in [3.8, 4) is 0 Å². The highest BCUT2D eigenvalue weighted by atomic mass is 79.9. The van der Waals surface area contributed by atoms with E-state index in [1.165, 1.54) is 11.1 Å². The van der Waals surface area contributed by atoms with Crippen molar-refractivity contribution < 1.29 is 0 Å². The molecule has 2 nitrogen and oxygen atoms in total. The van der Waals surface area contributed by atoms with Crippen LogP contribution in [0.1, 0.15) is 22.9 Å². The maximum atomic E-state index is 4.50. The summed E-state index contributed by atoms with van der Waals surface area (Å²) in [5, 5.41) is 5.77. The fourth-order valence-corrected chi connectivity index (χ4v) is 3.45. The summed E-state index contributed by atoms with van der Waals surface area (Å²) in [7, 11) is 0. The highest BCUT2D eigenvalue weighted by molar-refractivity contribution is 9.11. The molecule has 2 aromatic heterocycles. The van der Waals surface area contributed by atoms with Gasteiger partial charge >= 0.3 is 0 Å². The van der Waals surface area contributed by atoms with E-state index in [1.807, 2.05) is 24.4 Å². The molecule has 0 aliphatic heterocycles. The number of thiophene rings is 1. The van der Waals surface area contributed by atoms with Crippen molar-refractivity contribution in [3.05, 3.63) is 86.8 Å². The van der Waals surface area contributed by atoms with E-state index in [-0.39, 0.29) is 6.04 Å². The summed E-state index contributed by atoms with van der Waals surface area (Å²) in [6.45, 7) is 0.818. The molecule has 1 atom stereocenters. The van der Waals surface area contributed by atoms with Crippen molar-refractivity contribution in [1.82, 2.24) is 10.3 Å². The maximum Gasteiger partial charge on any atom is 0.0754 e. The summed E-state index contributed by atoms with van der Waals surface area (Å²) in [6, 6.07) is 18.7. The number of benzene rings is 1. The molecule has 1 N–H and O–H groups in total. The van der Waals surface area contributed by atoms with E-state index in [2.05, 4.69) is 68.0 Å². The van der Waals surface area contributed by atoms with Gasteiger partial charge in [0.15, 0.2) is 0 Å². The van der Waals surface area contributed by atoms with E-state index >= 15 is 0 Å². The van der Waals surface area contributed by atoms with Crippen LogP contribution in [0.4, 0.5) is 0 Å². The van der Waals surface area contributed by atoms with Gasteiger partial charge in [0.25, 0.3) is 0 Å². The number of pyridine rings is 1. The van der Waals surface area contributed by atoms with E-state index in [1.54, 1.807) is 11.3 Å². The summed E-state index contributed by atoms with van der Waals surface area (Å²) in [5.74, 6) is 0. The van der Waals surface area contributed by atoms with Gasteiger partial charge in [0.1, 0.15) is 0 Å². The lowest BCUT2D eigenvalue weighted by Crippen LogP contribution is -2.22. The first-order chi connectivity index (χ1) is 10.3. The zero-order valence-corrected chi connectivity index (χ0v) is 13.8. The number of rotatable bonds is 5. The molecule has 0 spiro atoms. The standard InChI is InChI=1S/C17H15BrN2S/c18-16-10-13(12-21-16)11-20-17(14-6-2-1-3-7-14)15-8-4-5-9-19-15/h1-10,12,17,20H,11H2/t17-/m1/s1. The number of halogens is 1. The van der Waals surface area contributed by atoms with Crippen LogP contribution in [-0.2, 0) is 6.54 Å². The molecular weight excluding hydrogens is 344 g/mol. The van der Waals surface area contributed by atoms with Crippen molar-refractivity contribution in [2.75, 3.05) is 0 Å². The minimum atomic E-state index is 0.103. The SMILES string of the molecule is Brc1cc(CN[C@H](c2ccccc2)c2ccccn2)cs1. The van der Waals surface area contributed by atoms with Gasteiger partial charge in [-0.1, -0.05) is 36.4 Å². The predicted molar refractivity (Wildman–Crippen MR) is 91.4 cm³/mol. The number of hydrogen-bond donors (Lipinski definition) is 1. The topological polar surface area (TPSA) is 24.9 Å². The van der Waals surface area contributed by atoms with Gasteiger partial charge in [0, 0.05) is 12.7 Å². The van der Waals surface area contributed by atoms with Crippen LogP contribution in [0.2, 0.25) is 0 Å². The fourth-order valence-electron chi connectivity index (χ4n) is 2.24. The normalized spacial score (nSPS) is 12.2. The first kappa shape index (κ1) is 14.4. The van der Waals surface area contributed by atoms with Gasteiger partial charge < -0.3 is 5.32 Å². The molecule has 0 aliphatic rings. The number of nitrogens with zero attached hydrogens (tertiary/aromatic N) is 1. The van der Waals surface area contributed by atoms with E-state index in [9.17, 15) is 0 Å². The Balaban J connectivity index is 1.83. The zero-order valence-electron chi connectivity index (χ0n) is 11.4. The van der Waals surface area contributed by atoms with Crippen molar-refractivity contribution in [1.29, 1.82) is 0 Å². The quantitative estimate of drug-likeness (QED) is 0.709. The van der Waals surface area contributed by atoms with Gasteiger partial charge in [-0.25, -0.2) is 0 Å².